The number of likely N-dealkylation sites (tertiary alicyclic amines) is 1. The van der Waals surface area contributed by atoms with Gasteiger partial charge in [0.1, 0.15) is 4.64 Å². The van der Waals surface area contributed by atoms with E-state index in [2.05, 4.69) is 9.71 Å². The Bertz CT molecular complexity index is 661. The van der Waals surface area contributed by atoms with Crippen LogP contribution in [0.15, 0.2) is 18.3 Å². The lowest BCUT2D eigenvalue weighted by atomic mass is 10.1. The molecule has 6 nitrogen and oxygen atoms in total. The smallest absolute Gasteiger partial charge is 0.256 e. The number of H-pyrrole nitrogens is 1. The SMILES string of the molecule is CCS(=O)(=O)NC1CCN(C(=O)c2ccc[nH]c2=S)CC1. The van der Waals surface area contributed by atoms with E-state index in [0.717, 1.165) is 0 Å². The fourth-order valence-electron chi connectivity index (χ4n) is 2.30. The first-order valence-electron chi connectivity index (χ1n) is 6.90. The highest BCUT2D eigenvalue weighted by Crippen LogP contribution is 2.15. The Morgan fingerprint density at radius 2 is 2.14 bits per heavy atom. The van der Waals surface area contributed by atoms with Gasteiger partial charge in [0.2, 0.25) is 10.0 Å². The maximum atomic E-state index is 12.4. The third-order valence-corrected chi connectivity index (χ3v) is 5.35. The number of pyridine rings is 1. The van der Waals surface area contributed by atoms with Crippen LogP contribution in [-0.2, 0) is 10.0 Å². The number of rotatable bonds is 4. The van der Waals surface area contributed by atoms with E-state index in [1.807, 2.05) is 0 Å². The first-order valence-corrected chi connectivity index (χ1v) is 8.96. The average Bonchev–Trinajstić information content (AvgIpc) is 2.47. The van der Waals surface area contributed by atoms with Crippen LogP contribution in [0.4, 0.5) is 0 Å². The van der Waals surface area contributed by atoms with Gasteiger partial charge in [-0.1, -0.05) is 12.2 Å². The maximum absolute atomic E-state index is 12.4. The lowest BCUT2D eigenvalue weighted by Crippen LogP contribution is -2.46. The molecule has 1 saturated heterocycles. The maximum Gasteiger partial charge on any atom is 0.256 e. The summed E-state index contributed by atoms with van der Waals surface area (Å²) in [6.07, 6.45) is 2.92. The molecular formula is C13H19N3O3S2. The monoisotopic (exact) mass is 329 g/mol. The van der Waals surface area contributed by atoms with Crippen LogP contribution in [0.1, 0.15) is 30.1 Å². The Labute approximate surface area is 129 Å². The Morgan fingerprint density at radius 1 is 1.48 bits per heavy atom. The zero-order valence-electron chi connectivity index (χ0n) is 11.8. The fourth-order valence-corrected chi connectivity index (χ4v) is 3.43. The fraction of sp³-hybridized carbons (Fsp3) is 0.538. The Hall–Kier alpha value is -1.25. The molecule has 0 aromatic carbocycles. The van der Waals surface area contributed by atoms with Gasteiger partial charge in [0.05, 0.1) is 11.3 Å². The molecule has 2 N–H and O–H groups in total. The van der Waals surface area contributed by atoms with E-state index in [1.165, 1.54) is 0 Å². The van der Waals surface area contributed by atoms with Crippen LogP contribution in [0.3, 0.4) is 0 Å². The Balaban J connectivity index is 1.97. The minimum absolute atomic E-state index is 0.0747. The number of hydrogen-bond donors (Lipinski definition) is 2. The van der Waals surface area contributed by atoms with Gasteiger partial charge in [0, 0.05) is 25.3 Å². The largest absolute Gasteiger partial charge is 0.352 e. The molecule has 2 rings (SSSR count). The van der Waals surface area contributed by atoms with Gasteiger partial charge in [-0.2, -0.15) is 0 Å². The van der Waals surface area contributed by atoms with E-state index in [0.29, 0.717) is 36.1 Å². The van der Waals surface area contributed by atoms with Gasteiger partial charge in [-0.25, -0.2) is 13.1 Å². The summed E-state index contributed by atoms with van der Waals surface area (Å²) in [7, 11) is -3.19. The molecule has 0 radical (unpaired) electrons. The lowest BCUT2D eigenvalue weighted by molar-refractivity contribution is 0.0710. The average molecular weight is 329 g/mol. The molecule has 116 valence electrons. The lowest BCUT2D eigenvalue weighted by Gasteiger charge is -2.32. The number of sulfonamides is 1. The highest BCUT2D eigenvalue weighted by atomic mass is 32.2. The van der Waals surface area contributed by atoms with Gasteiger partial charge in [0.25, 0.3) is 5.91 Å². The minimum Gasteiger partial charge on any atom is -0.352 e. The molecule has 0 aliphatic carbocycles. The van der Waals surface area contributed by atoms with Gasteiger partial charge < -0.3 is 9.88 Å². The second-order valence-electron chi connectivity index (χ2n) is 5.00. The molecule has 0 bridgehead atoms. The van der Waals surface area contributed by atoms with Crippen molar-refractivity contribution in [1.29, 1.82) is 0 Å². The van der Waals surface area contributed by atoms with Crippen LogP contribution in [0.2, 0.25) is 0 Å². The van der Waals surface area contributed by atoms with Crippen molar-refractivity contribution in [2.45, 2.75) is 25.8 Å². The molecule has 1 fully saturated rings. The van der Waals surface area contributed by atoms with Gasteiger partial charge in [0.15, 0.2) is 0 Å². The van der Waals surface area contributed by atoms with E-state index < -0.39 is 10.0 Å². The van der Waals surface area contributed by atoms with Crippen molar-refractivity contribution in [3.63, 3.8) is 0 Å². The van der Waals surface area contributed by atoms with E-state index in [1.54, 1.807) is 30.2 Å². The van der Waals surface area contributed by atoms with Gasteiger partial charge in [-0.3, -0.25) is 4.79 Å². The van der Waals surface area contributed by atoms with E-state index in [4.69, 9.17) is 12.2 Å². The van der Waals surface area contributed by atoms with Crippen molar-refractivity contribution in [2.24, 2.45) is 0 Å². The number of hydrogen-bond acceptors (Lipinski definition) is 4. The van der Waals surface area contributed by atoms with E-state index >= 15 is 0 Å². The summed E-state index contributed by atoms with van der Waals surface area (Å²) in [6, 6.07) is 3.35. The molecule has 0 saturated carbocycles. The third kappa shape index (κ3) is 4.12. The highest BCUT2D eigenvalue weighted by Gasteiger charge is 2.26. The summed E-state index contributed by atoms with van der Waals surface area (Å²) >= 11 is 5.11. The van der Waals surface area contributed by atoms with E-state index in [9.17, 15) is 13.2 Å². The summed E-state index contributed by atoms with van der Waals surface area (Å²) in [5, 5.41) is 0. The van der Waals surface area contributed by atoms with E-state index in [-0.39, 0.29) is 17.7 Å². The first kappa shape index (κ1) is 16.1. The molecule has 0 spiro atoms. The third-order valence-electron chi connectivity index (χ3n) is 3.56. The van der Waals surface area contributed by atoms with Crippen LogP contribution in [-0.4, -0.2) is 49.1 Å². The quantitative estimate of drug-likeness (QED) is 0.816. The van der Waals surface area contributed by atoms with Crippen LogP contribution >= 0.6 is 12.2 Å². The number of aromatic amines is 1. The van der Waals surface area contributed by atoms with Gasteiger partial charge in [-0.05, 0) is 31.9 Å². The number of piperidine rings is 1. The topological polar surface area (TPSA) is 82.3 Å². The normalized spacial score (nSPS) is 16.9. The van der Waals surface area contributed by atoms with Crippen molar-refractivity contribution in [2.75, 3.05) is 18.8 Å². The second-order valence-corrected chi connectivity index (χ2v) is 7.45. The number of carbonyl (C=O) groups is 1. The number of nitrogens with zero attached hydrogens (tertiary/aromatic N) is 1. The summed E-state index contributed by atoms with van der Waals surface area (Å²) in [4.78, 5) is 16.9. The summed E-state index contributed by atoms with van der Waals surface area (Å²) in [5.74, 6) is -0.0284. The van der Waals surface area contributed by atoms with Crippen LogP contribution in [0, 0.1) is 4.64 Å². The summed E-state index contributed by atoms with van der Waals surface area (Å²) in [5.41, 5.74) is 0.486. The zero-order valence-corrected chi connectivity index (χ0v) is 13.5. The molecule has 2 heterocycles. The number of carbonyl (C=O) groups excluding carboxylic acids is 1. The second kappa shape index (κ2) is 6.67. The van der Waals surface area contributed by atoms with Crippen molar-refractivity contribution in [1.82, 2.24) is 14.6 Å². The molecule has 0 unspecified atom stereocenters. The van der Waals surface area contributed by atoms with Gasteiger partial charge >= 0.3 is 0 Å². The highest BCUT2D eigenvalue weighted by molar-refractivity contribution is 7.89. The van der Waals surface area contributed by atoms with Crippen LogP contribution in [0.5, 0.6) is 0 Å². The van der Waals surface area contributed by atoms with Crippen LogP contribution < -0.4 is 4.72 Å². The molecule has 1 aliphatic heterocycles. The number of nitrogens with one attached hydrogen (secondary N) is 2. The molecule has 1 aromatic rings. The number of aromatic nitrogens is 1. The molecule has 8 heteroatoms. The molecular weight excluding hydrogens is 310 g/mol. The summed E-state index contributed by atoms with van der Waals surface area (Å²) < 4.78 is 26.2. The van der Waals surface area contributed by atoms with Gasteiger partial charge in [-0.15, -0.1) is 0 Å². The molecule has 21 heavy (non-hydrogen) atoms. The minimum atomic E-state index is -3.19. The Morgan fingerprint density at radius 3 is 2.71 bits per heavy atom. The van der Waals surface area contributed by atoms with Crippen molar-refractivity contribution < 1.29 is 13.2 Å². The molecule has 1 aromatic heterocycles. The number of amides is 1. The predicted molar refractivity (Wildman–Crippen MR) is 83.1 cm³/mol. The molecule has 0 atom stereocenters. The van der Waals surface area contributed by atoms with Crippen molar-refractivity contribution in [3.8, 4) is 0 Å². The predicted octanol–water partition coefficient (Wildman–Crippen LogP) is 1.29. The molecule has 1 amide bonds. The van der Waals surface area contributed by atoms with Crippen molar-refractivity contribution >= 4 is 28.1 Å². The van der Waals surface area contributed by atoms with Crippen molar-refractivity contribution in [3.05, 3.63) is 28.5 Å². The van der Waals surface area contributed by atoms with Crippen LogP contribution in [0.25, 0.3) is 0 Å². The standard InChI is InChI=1S/C13H19N3O3S2/c1-2-21(18,19)15-10-5-8-16(9-6-10)13(17)11-4-3-7-14-12(11)20/h3-4,7,10,15H,2,5-6,8-9H2,1H3,(H,14,20). The first-order chi connectivity index (χ1) is 9.93. The zero-order chi connectivity index (χ0) is 15.5. The molecule has 1 aliphatic rings. The summed E-state index contributed by atoms with van der Waals surface area (Å²) in [6.45, 7) is 2.66. The Kier molecular flexibility index (Phi) is 5.13.